The molecule has 130 valence electrons. The lowest BCUT2D eigenvalue weighted by Gasteiger charge is -2.09. The molecule has 0 heterocycles. The van der Waals surface area contributed by atoms with Crippen LogP contribution in [0.1, 0.15) is 10.4 Å². The highest BCUT2D eigenvalue weighted by atomic mass is 19.2. The average molecular weight is 349 g/mol. The highest BCUT2D eigenvalue weighted by Crippen LogP contribution is 2.15. The van der Waals surface area contributed by atoms with Gasteiger partial charge in [0.05, 0.1) is 5.56 Å². The number of benzene rings is 2. The molecule has 2 aromatic rings. The maximum absolute atomic E-state index is 13.0. The standard InChI is InChI=1S/C17H13F2NO5/c18-13-6-5-12(7-14(13)19)20-16(22)9-25-17(23)10-24-15-4-2-1-3-11(15)8-21/h1-8H,9-10H2,(H,20,22). The number of esters is 1. The Labute approximate surface area is 141 Å². The third-order valence-corrected chi connectivity index (χ3v) is 2.96. The van der Waals surface area contributed by atoms with Gasteiger partial charge in [-0.3, -0.25) is 9.59 Å². The van der Waals surface area contributed by atoms with Crippen LogP contribution in [0.3, 0.4) is 0 Å². The smallest absolute Gasteiger partial charge is 0.344 e. The van der Waals surface area contributed by atoms with E-state index in [4.69, 9.17) is 9.47 Å². The number of anilines is 1. The van der Waals surface area contributed by atoms with Crippen molar-refractivity contribution in [2.24, 2.45) is 0 Å². The number of ether oxygens (including phenoxy) is 2. The van der Waals surface area contributed by atoms with Gasteiger partial charge in [-0.2, -0.15) is 0 Å². The molecular weight excluding hydrogens is 336 g/mol. The van der Waals surface area contributed by atoms with Crippen molar-refractivity contribution in [3.05, 3.63) is 59.7 Å². The van der Waals surface area contributed by atoms with Gasteiger partial charge in [-0.1, -0.05) is 12.1 Å². The summed E-state index contributed by atoms with van der Waals surface area (Å²) in [5, 5.41) is 2.25. The first-order chi connectivity index (χ1) is 12.0. The molecule has 2 aromatic carbocycles. The number of carbonyl (C=O) groups excluding carboxylic acids is 3. The van der Waals surface area contributed by atoms with Crippen molar-refractivity contribution >= 4 is 23.9 Å². The number of aldehydes is 1. The third-order valence-electron chi connectivity index (χ3n) is 2.96. The molecule has 0 aromatic heterocycles. The quantitative estimate of drug-likeness (QED) is 0.613. The molecule has 0 bridgehead atoms. The Bertz CT molecular complexity index is 794. The van der Waals surface area contributed by atoms with Crippen LogP contribution in [0.25, 0.3) is 0 Å². The Morgan fingerprint density at radius 2 is 1.80 bits per heavy atom. The summed E-state index contributed by atoms with van der Waals surface area (Å²) in [6.45, 7) is -1.13. The van der Waals surface area contributed by atoms with Gasteiger partial charge < -0.3 is 14.8 Å². The molecule has 25 heavy (non-hydrogen) atoms. The fourth-order valence-electron chi connectivity index (χ4n) is 1.80. The minimum Gasteiger partial charge on any atom is -0.481 e. The van der Waals surface area contributed by atoms with Crippen LogP contribution in [-0.2, 0) is 14.3 Å². The van der Waals surface area contributed by atoms with Gasteiger partial charge in [0.1, 0.15) is 5.75 Å². The minimum atomic E-state index is -1.11. The van der Waals surface area contributed by atoms with Crippen LogP contribution >= 0.6 is 0 Å². The molecule has 0 radical (unpaired) electrons. The van der Waals surface area contributed by atoms with Crippen LogP contribution in [0.4, 0.5) is 14.5 Å². The van der Waals surface area contributed by atoms with E-state index in [2.05, 4.69) is 5.32 Å². The van der Waals surface area contributed by atoms with Crippen LogP contribution in [0.2, 0.25) is 0 Å². The number of hydrogen-bond acceptors (Lipinski definition) is 5. The van der Waals surface area contributed by atoms with Gasteiger partial charge in [-0.15, -0.1) is 0 Å². The normalized spacial score (nSPS) is 10.0. The fraction of sp³-hybridized carbons (Fsp3) is 0.118. The minimum absolute atomic E-state index is 0.0242. The van der Waals surface area contributed by atoms with E-state index in [1.807, 2.05) is 0 Å². The molecule has 0 unspecified atom stereocenters. The summed E-state index contributed by atoms with van der Waals surface area (Å²) >= 11 is 0. The van der Waals surface area contributed by atoms with E-state index in [9.17, 15) is 23.2 Å². The molecule has 1 amide bonds. The molecule has 6 nitrogen and oxygen atoms in total. The van der Waals surface area contributed by atoms with Crippen molar-refractivity contribution in [1.82, 2.24) is 0 Å². The second-order valence-electron chi connectivity index (χ2n) is 4.78. The van der Waals surface area contributed by atoms with Gasteiger partial charge in [0.15, 0.2) is 31.1 Å². The van der Waals surface area contributed by atoms with Gasteiger partial charge >= 0.3 is 5.97 Å². The van der Waals surface area contributed by atoms with E-state index in [1.54, 1.807) is 12.1 Å². The van der Waals surface area contributed by atoms with E-state index in [0.717, 1.165) is 18.2 Å². The van der Waals surface area contributed by atoms with Crippen molar-refractivity contribution in [2.45, 2.75) is 0 Å². The van der Waals surface area contributed by atoms with E-state index in [1.165, 1.54) is 12.1 Å². The number of carbonyl (C=O) groups is 3. The molecular formula is C17H13F2NO5. The number of nitrogens with one attached hydrogen (secondary N) is 1. The van der Waals surface area contributed by atoms with Gasteiger partial charge in [0.25, 0.3) is 5.91 Å². The first-order valence-electron chi connectivity index (χ1n) is 7.07. The second kappa shape index (κ2) is 8.53. The lowest BCUT2D eigenvalue weighted by atomic mass is 10.2. The van der Waals surface area contributed by atoms with Crippen molar-refractivity contribution < 1.29 is 32.6 Å². The maximum Gasteiger partial charge on any atom is 0.344 e. The summed E-state index contributed by atoms with van der Waals surface area (Å²) in [5.74, 6) is -3.51. The molecule has 0 aliphatic rings. The molecule has 0 aliphatic heterocycles. The van der Waals surface area contributed by atoms with Crippen molar-refractivity contribution in [1.29, 1.82) is 0 Å². The van der Waals surface area contributed by atoms with Gasteiger partial charge in [-0.25, -0.2) is 13.6 Å². The van der Waals surface area contributed by atoms with E-state index >= 15 is 0 Å². The zero-order valence-electron chi connectivity index (χ0n) is 12.8. The number of halogens is 2. The third kappa shape index (κ3) is 5.38. The molecule has 0 fully saturated rings. The van der Waals surface area contributed by atoms with Crippen molar-refractivity contribution in [3.63, 3.8) is 0 Å². The van der Waals surface area contributed by atoms with Gasteiger partial charge in [0, 0.05) is 11.8 Å². The predicted molar refractivity (Wildman–Crippen MR) is 83.3 cm³/mol. The zero-order valence-corrected chi connectivity index (χ0v) is 12.8. The molecule has 0 saturated carbocycles. The first-order valence-corrected chi connectivity index (χ1v) is 7.07. The van der Waals surface area contributed by atoms with E-state index in [0.29, 0.717) is 6.29 Å². The number of amides is 1. The van der Waals surface area contributed by atoms with Crippen LogP contribution in [0.15, 0.2) is 42.5 Å². The summed E-state index contributed by atoms with van der Waals surface area (Å²) in [5.41, 5.74) is 0.294. The Hall–Kier alpha value is -3.29. The molecule has 0 atom stereocenters. The Morgan fingerprint density at radius 1 is 1.04 bits per heavy atom. The Balaban J connectivity index is 1.78. The molecule has 0 spiro atoms. The molecule has 0 aliphatic carbocycles. The average Bonchev–Trinajstić information content (AvgIpc) is 2.61. The summed E-state index contributed by atoms with van der Waals surface area (Å²) < 4.78 is 35.6. The van der Waals surface area contributed by atoms with Gasteiger partial charge in [0.2, 0.25) is 0 Å². The predicted octanol–water partition coefficient (Wildman–Crippen LogP) is 2.34. The number of rotatable bonds is 7. The summed E-state index contributed by atoms with van der Waals surface area (Å²) in [6.07, 6.45) is 0.579. The lowest BCUT2D eigenvalue weighted by molar-refractivity contribution is -0.149. The Morgan fingerprint density at radius 3 is 2.52 bits per heavy atom. The van der Waals surface area contributed by atoms with Gasteiger partial charge in [-0.05, 0) is 24.3 Å². The van der Waals surface area contributed by atoms with Crippen LogP contribution in [-0.4, -0.2) is 31.4 Å². The van der Waals surface area contributed by atoms with E-state index < -0.39 is 36.7 Å². The maximum atomic E-state index is 13.0. The van der Waals surface area contributed by atoms with Crippen LogP contribution < -0.4 is 10.1 Å². The number of para-hydroxylation sites is 1. The molecule has 0 saturated heterocycles. The molecule has 8 heteroatoms. The number of hydrogen-bond donors (Lipinski definition) is 1. The summed E-state index contributed by atoms with van der Waals surface area (Å²) in [7, 11) is 0. The van der Waals surface area contributed by atoms with E-state index in [-0.39, 0.29) is 17.0 Å². The van der Waals surface area contributed by atoms with Crippen LogP contribution in [0, 0.1) is 11.6 Å². The SMILES string of the molecule is O=Cc1ccccc1OCC(=O)OCC(=O)Nc1ccc(F)c(F)c1. The fourth-order valence-corrected chi connectivity index (χ4v) is 1.80. The molecule has 2 rings (SSSR count). The highest BCUT2D eigenvalue weighted by Gasteiger charge is 2.11. The summed E-state index contributed by atoms with van der Waals surface area (Å²) in [6, 6.07) is 9.11. The van der Waals surface area contributed by atoms with Crippen molar-refractivity contribution in [3.8, 4) is 5.75 Å². The second-order valence-corrected chi connectivity index (χ2v) is 4.78. The zero-order chi connectivity index (χ0) is 18.2. The highest BCUT2D eigenvalue weighted by molar-refractivity contribution is 5.92. The van der Waals surface area contributed by atoms with Crippen molar-refractivity contribution in [2.75, 3.05) is 18.5 Å². The monoisotopic (exact) mass is 349 g/mol. The largest absolute Gasteiger partial charge is 0.481 e. The first kappa shape index (κ1) is 18.1. The topological polar surface area (TPSA) is 81.7 Å². The van der Waals surface area contributed by atoms with Crippen LogP contribution in [0.5, 0.6) is 5.75 Å². The lowest BCUT2D eigenvalue weighted by Crippen LogP contribution is -2.23. The Kier molecular flexibility index (Phi) is 6.16. The summed E-state index contributed by atoms with van der Waals surface area (Å²) in [4.78, 5) is 33.9. The molecule has 1 N–H and O–H groups in total.